The number of nitrogens with zero attached hydrogens (tertiary/aromatic N) is 1. The molecule has 1 aliphatic rings. The maximum atomic E-state index is 13.2. The van der Waals surface area contributed by atoms with Gasteiger partial charge in [0.05, 0.1) is 18.7 Å². The van der Waals surface area contributed by atoms with Gasteiger partial charge in [0.1, 0.15) is 11.5 Å². The summed E-state index contributed by atoms with van der Waals surface area (Å²) in [6.07, 6.45) is 0. The van der Waals surface area contributed by atoms with Gasteiger partial charge >= 0.3 is 0 Å². The topological polar surface area (TPSA) is 66.8 Å². The fourth-order valence-electron chi connectivity index (χ4n) is 3.89. The van der Waals surface area contributed by atoms with Gasteiger partial charge in [-0.3, -0.25) is 14.5 Å². The number of Topliss-reactive ketones (excluding diaryl/α,β-unsaturated/α-hetero) is 1. The summed E-state index contributed by atoms with van der Waals surface area (Å²) in [4.78, 5) is 27.7. The first-order chi connectivity index (χ1) is 14.9. The minimum atomic E-state index is -0.742. The predicted octanol–water partition coefficient (Wildman–Crippen LogP) is 4.94. The van der Waals surface area contributed by atoms with E-state index in [1.165, 1.54) is 12.0 Å². The number of aliphatic hydroxyl groups excluding tert-OH is 1. The fourth-order valence-corrected chi connectivity index (χ4v) is 3.89. The molecule has 5 nitrogen and oxygen atoms in total. The van der Waals surface area contributed by atoms with Gasteiger partial charge in [0.25, 0.3) is 11.7 Å². The number of carbonyl (C=O) groups excluding carboxylic acids is 2. The Morgan fingerprint density at radius 3 is 2.29 bits per heavy atom. The Hall–Kier alpha value is -3.86. The van der Waals surface area contributed by atoms with Crippen molar-refractivity contribution < 1.29 is 19.4 Å². The van der Waals surface area contributed by atoms with Crippen LogP contribution in [0.1, 0.15) is 28.3 Å². The number of carbonyl (C=O) groups is 2. The monoisotopic (exact) mass is 413 g/mol. The summed E-state index contributed by atoms with van der Waals surface area (Å²) in [7, 11) is 1.53. The average Bonchev–Trinajstić information content (AvgIpc) is 3.04. The summed E-state index contributed by atoms with van der Waals surface area (Å²) in [6, 6.07) is 21.1. The molecule has 0 aromatic heterocycles. The van der Waals surface area contributed by atoms with Crippen LogP contribution in [0.5, 0.6) is 5.75 Å². The molecule has 0 aliphatic carbocycles. The molecule has 1 amide bonds. The number of aryl methyl sites for hydroxylation is 2. The second-order valence-corrected chi connectivity index (χ2v) is 7.65. The van der Waals surface area contributed by atoms with Gasteiger partial charge in [0, 0.05) is 11.3 Å². The van der Waals surface area contributed by atoms with Crippen molar-refractivity contribution in [1.29, 1.82) is 0 Å². The molecule has 31 heavy (non-hydrogen) atoms. The van der Waals surface area contributed by atoms with E-state index in [9.17, 15) is 14.7 Å². The summed E-state index contributed by atoms with van der Waals surface area (Å²) in [5.41, 5.74) is 3.87. The van der Waals surface area contributed by atoms with Gasteiger partial charge in [-0.2, -0.15) is 0 Å². The van der Waals surface area contributed by atoms with Crippen LogP contribution in [0.3, 0.4) is 0 Å². The number of rotatable bonds is 4. The Morgan fingerprint density at radius 1 is 0.903 bits per heavy atom. The lowest BCUT2D eigenvalue weighted by Crippen LogP contribution is -2.29. The summed E-state index contributed by atoms with van der Waals surface area (Å²) in [5.74, 6) is -1.06. The Kier molecular flexibility index (Phi) is 5.34. The van der Waals surface area contributed by atoms with E-state index in [-0.39, 0.29) is 11.3 Å². The van der Waals surface area contributed by atoms with Crippen molar-refractivity contribution in [2.45, 2.75) is 19.9 Å². The highest BCUT2D eigenvalue weighted by atomic mass is 16.5. The molecule has 1 saturated heterocycles. The minimum Gasteiger partial charge on any atom is -0.507 e. The number of ether oxygens (including phenoxy) is 1. The highest BCUT2D eigenvalue weighted by Crippen LogP contribution is 2.42. The molecule has 0 saturated carbocycles. The fraction of sp³-hybridized carbons (Fsp3) is 0.154. The molecule has 1 aliphatic heterocycles. The number of amides is 1. The number of benzene rings is 3. The van der Waals surface area contributed by atoms with E-state index in [1.54, 1.807) is 24.3 Å². The van der Waals surface area contributed by atoms with Crippen molar-refractivity contribution in [3.8, 4) is 5.75 Å². The van der Waals surface area contributed by atoms with E-state index in [2.05, 4.69) is 0 Å². The molecule has 3 aromatic rings. The van der Waals surface area contributed by atoms with E-state index in [0.29, 0.717) is 17.0 Å². The van der Waals surface area contributed by atoms with Crippen LogP contribution in [0.4, 0.5) is 5.69 Å². The van der Waals surface area contributed by atoms with Crippen LogP contribution in [0.15, 0.2) is 78.4 Å². The first-order valence-corrected chi connectivity index (χ1v) is 9.99. The van der Waals surface area contributed by atoms with Crippen LogP contribution in [0, 0.1) is 13.8 Å². The van der Waals surface area contributed by atoms with E-state index in [1.807, 2.05) is 62.4 Å². The van der Waals surface area contributed by atoms with E-state index < -0.39 is 17.7 Å². The molecular formula is C26H23NO4. The second-order valence-electron chi connectivity index (χ2n) is 7.65. The summed E-state index contributed by atoms with van der Waals surface area (Å²) < 4.78 is 5.25. The van der Waals surface area contributed by atoms with Crippen molar-refractivity contribution in [1.82, 2.24) is 0 Å². The zero-order chi connectivity index (χ0) is 22.1. The summed E-state index contributed by atoms with van der Waals surface area (Å²) >= 11 is 0. The highest BCUT2D eigenvalue weighted by Gasteiger charge is 2.46. The van der Waals surface area contributed by atoms with Gasteiger partial charge < -0.3 is 9.84 Å². The number of ketones is 1. The lowest BCUT2D eigenvalue weighted by molar-refractivity contribution is -0.132. The molecule has 1 atom stereocenters. The first kappa shape index (κ1) is 20.4. The number of anilines is 1. The molecule has 0 bridgehead atoms. The van der Waals surface area contributed by atoms with Crippen LogP contribution in [0.25, 0.3) is 5.76 Å². The Labute approximate surface area is 181 Å². The van der Waals surface area contributed by atoms with Crippen LogP contribution < -0.4 is 9.64 Å². The summed E-state index contributed by atoms with van der Waals surface area (Å²) in [5, 5.41) is 11.2. The van der Waals surface area contributed by atoms with Crippen molar-refractivity contribution in [2.24, 2.45) is 0 Å². The average molecular weight is 413 g/mol. The Bertz CT molecular complexity index is 1190. The number of hydrogen-bond donors (Lipinski definition) is 1. The SMILES string of the molecule is COc1cccc(/C(O)=C2/C(=O)C(=O)N(c3ccc(C)cc3)C2c2cccc(C)c2)c1. The van der Waals surface area contributed by atoms with Crippen molar-refractivity contribution in [3.05, 3.63) is 101 Å². The highest BCUT2D eigenvalue weighted by molar-refractivity contribution is 6.51. The number of methoxy groups -OCH3 is 1. The molecule has 4 rings (SSSR count). The molecule has 1 N–H and O–H groups in total. The second kappa shape index (κ2) is 8.11. The molecule has 1 unspecified atom stereocenters. The zero-order valence-electron chi connectivity index (χ0n) is 17.6. The minimum absolute atomic E-state index is 0.0597. The van der Waals surface area contributed by atoms with Gasteiger partial charge in [-0.25, -0.2) is 0 Å². The molecule has 1 heterocycles. The largest absolute Gasteiger partial charge is 0.507 e. The van der Waals surface area contributed by atoms with Gasteiger partial charge in [0.15, 0.2) is 0 Å². The van der Waals surface area contributed by atoms with Crippen LogP contribution >= 0.6 is 0 Å². The molecule has 1 fully saturated rings. The smallest absolute Gasteiger partial charge is 0.300 e. The zero-order valence-corrected chi connectivity index (χ0v) is 17.6. The standard InChI is InChI=1S/C26H23NO4/c1-16-10-12-20(13-11-16)27-23(18-7-4-6-17(2)14-18)22(25(29)26(27)30)24(28)19-8-5-9-21(15-19)31-3/h4-15,23,28H,1-3H3/b24-22-. The van der Waals surface area contributed by atoms with Crippen molar-refractivity contribution in [2.75, 3.05) is 12.0 Å². The van der Waals surface area contributed by atoms with Crippen LogP contribution in [-0.2, 0) is 9.59 Å². The van der Waals surface area contributed by atoms with Gasteiger partial charge in [-0.1, -0.05) is 59.7 Å². The molecule has 5 heteroatoms. The normalized spacial score (nSPS) is 17.8. The van der Waals surface area contributed by atoms with E-state index in [0.717, 1.165) is 16.7 Å². The quantitative estimate of drug-likeness (QED) is 0.374. The molecule has 3 aromatic carbocycles. The molecular weight excluding hydrogens is 390 g/mol. The third-order valence-corrected chi connectivity index (χ3v) is 5.46. The van der Waals surface area contributed by atoms with Gasteiger partial charge in [0.2, 0.25) is 0 Å². The molecule has 0 radical (unpaired) electrons. The lowest BCUT2D eigenvalue weighted by Gasteiger charge is -2.26. The maximum Gasteiger partial charge on any atom is 0.300 e. The summed E-state index contributed by atoms with van der Waals surface area (Å²) in [6.45, 7) is 3.91. The van der Waals surface area contributed by atoms with Gasteiger partial charge in [-0.15, -0.1) is 0 Å². The van der Waals surface area contributed by atoms with E-state index >= 15 is 0 Å². The molecule has 156 valence electrons. The van der Waals surface area contributed by atoms with E-state index in [4.69, 9.17) is 4.74 Å². The third-order valence-electron chi connectivity index (χ3n) is 5.46. The van der Waals surface area contributed by atoms with Crippen molar-refractivity contribution in [3.63, 3.8) is 0 Å². The Morgan fingerprint density at radius 2 is 1.61 bits per heavy atom. The maximum absolute atomic E-state index is 13.2. The van der Waals surface area contributed by atoms with Crippen LogP contribution in [-0.4, -0.2) is 23.9 Å². The lowest BCUT2D eigenvalue weighted by atomic mass is 9.94. The van der Waals surface area contributed by atoms with Gasteiger partial charge in [-0.05, 0) is 43.7 Å². The third kappa shape index (κ3) is 3.70. The number of hydrogen-bond acceptors (Lipinski definition) is 4. The first-order valence-electron chi connectivity index (χ1n) is 9.99. The number of aliphatic hydroxyl groups is 1. The van der Waals surface area contributed by atoms with Crippen LogP contribution in [0.2, 0.25) is 0 Å². The molecule has 0 spiro atoms. The Balaban J connectivity index is 1.95. The van der Waals surface area contributed by atoms with Crippen molar-refractivity contribution >= 4 is 23.1 Å². The predicted molar refractivity (Wildman–Crippen MR) is 120 cm³/mol.